The molecule has 0 bridgehead atoms. The molecule has 3 aromatic heterocycles. The molecule has 128 valence electrons. The summed E-state index contributed by atoms with van der Waals surface area (Å²) in [6.07, 6.45) is 4.76. The predicted octanol–water partition coefficient (Wildman–Crippen LogP) is 2.10. The number of methoxy groups -OCH3 is 1. The van der Waals surface area contributed by atoms with E-state index in [1.165, 1.54) is 0 Å². The minimum Gasteiger partial charge on any atom is -0.382 e. The van der Waals surface area contributed by atoms with Gasteiger partial charge in [-0.2, -0.15) is 0 Å². The maximum Gasteiger partial charge on any atom is 0.152 e. The van der Waals surface area contributed by atoms with Gasteiger partial charge < -0.3 is 15.0 Å². The molecular weight excluding hydrogens is 304 g/mol. The Morgan fingerprint density at radius 1 is 1.25 bits per heavy atom. The topological polar surface area (TPSA) is 90.9 Å². The third-order valence-electron chi connectivity index (χ3n) is 4.09. The number of hydrogen-bond acceptors (Lipinski definition) is 6. The molecule has 24 heavy (non-hydrogen) atoms. The molecule has 0 unspecified atom stereocenters. The van der Waals surface area contributed by atoms with Crippen molar-refractivity contribution in [3.63, 3.8) is 0 Å². The summed E-state index contributed by atoms with van der Waals surface area (Å²) in [5.74, 6) is 1.50. The fourth-order valence-electron chi connectivity index (χ4n) is 2.97. The number of nitrogens with zero attached hydrogens (tertiary/aromatic N) is 4. The molecule has 0 radical (unpaired) electrons. The maximum absolute atomic E-state index is 6.13. The number of rotatable bonds is 8. The predicted molar refractivity (Wildman–Crippen MR) is 95.7 cm³/mol. The van der Waals surface area contributed by atoms with Crippen LogP contribution in [0, 0.1) is 0 Å². The van der Waals surface area contributed by atoms with E-state index in [2.05, 4.69) is 26.8 Å². The molecule has 7 heteroatoms. The highest BCUT2D eigenvalue weighted by atomic mass is 16.5. The number of hydrogen-bond donors (Lipinski definition) is 2. The quantitative estimate of drug-likeness (QED) is 0.486. The van der Waals surface area contributed by atoms with E-state index in [-0.39, 0.29) is 0 Å². The van der Waals surface area contributed by atoms with E-state index in [1.807, 2.05) is 12.1 Å². The zero-order chi connectivity index (χ0) is 16.9. The molecule has 0 aromatic carbocycles. The van der Waals surface area contributed by atoms with E-state index in [0.717, 1.165) is 60.2 Å². The molecule has 0 aliphatic heterocycles. The normalized spacial score (nSPS) is 11.6. The highest BCUT2D eigenvalue weighted by Gasteiger charge is 2.16. The summed E-state index contributed by atoms with van der Waals surface area (Å²) in [7, 11) is 1.69. The lowest BCUT2D eigenvalue weighted by atomic mass is 10.2. The van der Waals surface area contributed by atoms with Gasteiger partial charge in [-0.1, -0.05) is 6.92 Å². The Hall–Kier alpha value is -2.25. The minimum atomic E-state index is 0.473. The maximum atomic E-state index is 6.13. The van der Waals surface area contributed by atoms with Gasteiger partial charge in [0.1, 0.15) is 22.4 Å². The number of pyridine rings is 2. The number of nitrogens with two attached hydrogens (primary N) is 1. The second-order valence-electron chi connectivity index (χ2n) is 5.74. The van der Waals surface area contributed by atoms with Crippen molar-refractivity contribution in [2.75, 3.05) is 26.1 Å². The highest BCUT2D eigenvalue weighted by Crippen LogP contribution is 2.27. The van der Waals surface area contributed by atoms with E-state index < -0.39 is 0 Å². The van der Waals surface area contributed by atoms with Crippen LogP contribution in [0.15, 0.2) is 18.3 Å². The van der Waals surface area contributed by atoms with Crippen molar-refractivity contribution in [2.45, 2.75) is 32.7 Å². The Kier molecular flexibility index (Phi) is 5.22. The van der Waals surface area contributed by atoms with Gasteiger partial charge >= 0.3 is 0 Å². The average molecular weight is 328 g/mol. The molecule has 3 heterocycles. The van der Waals surface area contributed by atoms with Crippen molar-refractivity contribution in [3.05, 3.63) is 24.2 Å². The molecule has 7 nitrogen and oxygen atoms in total. The van der Waals surface area contributed by atoms with Crippen LogP contribution in [-0.2, 0) is 17.7 Å². The summed E-state index contributed by atoms with van der Waals surface area (Å²) in [4.78, 5) is 13.7. The molecule has 0 saturated carbocycles. The summed E-state index contributed by atoms with van der Waals surface area (Å²) < 4.78 is 7.24. The van der Waals surface area contributed by atoms with E-state index in [9.17, 15) is 0 Å². The van der Waals surface area contributed by atoms with Gasteiger partial charge in [0.05, 0.1) is 12.2 Å². The Morgan fingerprint density at radius 3 is 2.92 bits per heavy atom. The molecule has 3 aromatic rings. The Balaban J connectivity index is 1.93. The number of nitrogens with one attached hydrogen (secondary N) is 1. The number of fused-ring (bicyclic) bond motifs is 3. The Morgan fingerprint density at radius 2 is 2.12 bits per heavy atom. The summed E-state index contributed by atoms with van der Waals surface area (Å²) in [6.45, 7) is 4.52. The van der Waals surface area contributed by atoms with Crippen molar-refractivity contribution < 1.29 is 4.74 Å². The standard InChI is InChI=1S/C17H24N6O/c1-3-13-22-15-16(23(13)10-5-4-8-19-11-24-2)14-12(21-17(15)18)7-6-9-20-14/h6-7,9,19H,3-5,8,10-11H2,1-2H3,(H2,18,21). The van der Waals surface area contributed by atoms with Crippen molar-refractivity contribution >= 4 is 27.9 Å². The van der Waals surface area contributed by atoms with Crippen LogP contribution in [0.3, 0.4) is 0 Å². The van der Waals surface area contributed by atoms with Gasteiger partial charge in [0.15, 0.2) is 5.82 Å². The largest absolute Gasteiger partial charge is 0.382 e. The molecule has 0 saturated heterocycles. The van der Waals surface area contributed by atoms with Crippen LogP contribution in [0.4, 0.5) is 5.82 Å². The molecule has 0 aliphatic rings. The van der Waals surface area contributed by atoms with Gasteiger partial charge in [0.2, 0.25) is 0 Å². The minimum absolute atomic E-state index is 0.473. The first-order valence-electron chi connectivity index (χ1n) is 8.35. The van der Waals surface area contributed by atoms with E-state index in [1.54, 1.807) is 13.3 Å². The second kappa shape index (κ2) is 7.55. The van der Waals surface area contributed by atoms with Gasteiger partial charge in [0, 0.05) is 26.3 Å². The molecule has 0 aliphatic carbocycles. The number of aryl methyl sites for hydroxylation is 2. The molecule has 0 spiro atoms. The van der Waals surface area contributed by atoms with Gasteiger partial charge in [-0.15, -0.1) is 0 Å². The fraction of sp³-hybridized carbons (Fsp3) is 0.471. The van der Waals surface area contributed by atoms with Gasteiger partial charge in [-0.05, 0) is 31.5 Å². The first-order valence-corrected chi connectivity index (χ1v) is 8.35. The van der Waals surface area contributed by atoms with Crippen LogP contribution in [0.2, 0.25) is 0 Å². The monoisotopic (exact) mass is 328 g/mol. The van der Waals surface area contributed by atoms with Crippen molar-refractivity contribution in [1.29, 1.82) is 0 Å². The van der Waals surface area contributed by atoms with E-state index >= 15 is 0 Å². The smallest absolute Gasteiger partial charge is 0.152 e. The van der Waals surface area contributed by atoms with Crippen molar-refractivity contribution in [3.8, 4) is 0 Å². The number of unbranched alkanes of at least 4 members (excludes halogenated alkanes) is 1. The highest BCUT2D eigenvalue weighted by molar-refractivity contribution is 6.04. The second-order valence-corrected chi connectivity index (χ2v) is 5.74. The number of nitrogen functional groups attached to an aromatic ring is 1. The Bertz CT molecular complexity index is 829. The SMILES string of the molecule is CCc1nc2c(N)nc3cccnc3c2n1CCCCNCOC. The van der Waals surface area contributed by atoms with Crippen LogP contribution in [-0.4, -0.2) is 39.9 Å². The van der Waals surface area contributed by atoms with Crippen LogP contribution >= 0.6 is 0 Å². The van der Waals surface area contributed by atoms with Crippen LogP contribution in [0.5, 0.6) is 0 Å². The van der Waals surface area contributed by atoms with Crippen LogP contribution in [0.25, 0.3) is 22.1 Å². The number of anilines is 1. The first kappa shape index (κ1) is 16.6. The summed E-state index contributed by atoms with van der Waals surface area (Å²) in [5, 5.41) is 3.23. The summed E-state index contributed by atoms with van der Waals surface area (Å²) in [6, 6.07) is 3.82. The van der Waals surface area contributed by atoms with Gasteiger partial charge in [-0.25, -0.2) is 9.97 Å². The zero-order valence-electron chi connectivity index (χ0n) is 14.2. The molecule has 0 atom stereocenters. The van der Waals surface area contributed by atoms with Crippen LogP contribution < -0.4 is 11.1 Å². The van der Waals surface area contributed by atoms with Crippen molar-refractivity contribution in [1.82, 2.24) is 24.8 Å². The number of ether oxygens (including phenoxy) is 1. The number of aromatic nitrogens is 4. The average Bonchev–Trinajstić information content (AvgIpc) is 2.98. The zero-order valence-corrected chi connectivity index (χ0v) is 14.2. The lowest BCUT2D eigenvalue weighted by molar-refractivity contribution is 0.175. The number of imidazole rings is 1. The third-order valence-corrected chi connectivity index (χ3v) is 4.09. The van der Waals surface area contributed by atoms with Crippen LogP contribution in [0.1, 0.15) is 25.6 Å². The molecule has 3 N–H and O–H groups in total. The lowest BCUT2D eigenvalue weighted by Crippen LogP contribution is -2.18. The Labute approximate surface area is 141 Å². The summed E-state index contributed by atoms with van der Waals surface area (Å²) in [5.41, 5.74) is 9.57. The molecular formula is C17H24N6O. The molecule has 0 amide bonds. The van der Waals surface area contributed by atoms with Gasteiger partial charge in [0.25, 0.3) is 0 Å². The van der Waals surface area contributed by atoms with Crippen molar-refractivity contribution in [2.24, 2.45) is 0 Å². The lowest BCUT2D eigenvalue weighted by Gasteiger charge is -2.10. The fourth-order valence-corrected chi connectivity index (χ4v) is 2.97. The molecule has 0 fully saturated rings. The summed E-state index contributed by atoms with van der Waals surface area (Å²) >= 11 is 0. The van der Waals surface area contributed by atoms with E-state index in [4.69, 9.17) is 15.5 Å². The third kappa shape index (κ3) is 3.18. The first-order chi connectivity index (χ1) is 11.8. The van der Waals surface area contributed by atoms with Gasteiger partial charge in [-0.3, -0.25) is 10.3 Å². The molecule has 3 rings (SSSR count). The van der Waals surface area contributed by atoms with E-state index in [0.29, 0.717) is 12.5 Å².